The molecular weight excluding hydrogens is 403 g/mol. The van der Waals surface area contributed by atoms with Gasteiger partial charge in [0.2, 0.25) is 0 Å². The molecule has 1 heterocycles. The van der Waals surface area contributed by atoms with Gasteiger partial charge in [0.25, 0.3) is 7.37 Å². The van der Waals surface area contributed by atoms with Gasteiger partial charge in [-0.3, -0.25) is 4.57 Å². The van der Waals surface area contributed by atoms with Gasteiger partial charge in [0.1, 0.15) is 18.3 Å². The third-order valence-corrected chi connectivity index (χ3v) is 7.87. The average molecular weight is 443 g/mol. The van der Waals surface area contributed by atoms with E-state index in [1.807, 2.05) is 6.07 Å². The minimum atomic E-state index is -3.58. The number of unbranched alkanes of at least 4 members (excludes halogenated alkanes) is 3. The van der Waals surface area contributed by atoms with Gasteiger partial charge in [0.15, 0.2) is 5.85 Å². The average Bonchev–Trinajstić information content (AvgIpc) is 2.76. The predicted octanol–water partition coefficient (Wildman–Crippen LogP) is 4.49. The molecular formula is C23H39O6P. The lowest BCUT2D eigenvalue weighted by Gasteiger charge is -2.44. The summed E-state index contributed by atoms with van der Waals surface area (Å²) in [5, 5.41) is 11.7. The van der Waals surface area contributed by atoms with Crippen molar-refractivity contribution in [2.75, 3.05) is 26.4 Å². The Morgan fingerprint density at radius 3 is 2.07 bits per heavy atom. The maximum atomic E-state index is 13.9. The van der Waals surface area contributed by atoms with Gasteiger partial charge in [-0.05, 0) is 31.4 Å². The lowest BCUT2D eigenvalue weighted by atomic mass is 10.1. The molecule has 0 unspecified atom stereocenters. The molecule has 1 aliphatic heterocycles. The second-order valence-corrected chi connectivity index (χ2v) is 10.2. The van der Waals surface area contributed by atoms with Gasteiger partial charge in [-0.2, -0.15) is 0 Å². The Labute approximate surface area is 181 Å². The van der Waals surface area contributed by atoms with Crippen molar-refractivity contribution in [3.63, 3.8) is 0 Å². The van der Waals surface area contributed by atoms with Crippen LogP contribution in [-0.4, -0.2) is 55.7 Å². The molecule has 1 N–H and O–H groups in total. The van der Waals surface area contributed by atoms with Crippen LogP contribution < -0.4 is 5.30 Å². The van der Waals surface area contributed by atoms with Crippen molar-refractivity contribution in [2.24, 2.45) is 0 Å². The third kappa shape index (κ3) is 6.88. The van der Waals surface area contributed by atoms with Crippen LogP contribution in [0.3, 0.4) is 0 Å². The predicted molar refractivity (Wildman–Crippen MR) is 120 cm³/mol. The SMILES string of the molecule is CCCCOC[C@H]1O[P@@](=O)(c2ccccc2)[C@H](O)[C@@H](OCCCC)[C@@H]1OCCCC. The van der Waals surface area contributed by atoms with Crippen LogP contribution >= 0.6 is 7.37 Å². The zero-order valence-corrected chi connectivity index (χ0v) is 19.6. The van der Waals surface area contributed by atoms with E-state index >= 15 is 0 Å². The molecule has 5 atom stereocenters. The molecule has 30 heavy (non-hydrogen) atoms. The van der Waals surface area contributed by atoms with Crippen molar-refractivity contribution in [3.8, 4) is 0 Å². The first kappa shape index (κ1) is 25.5. The standard InChI is InChI=1S/C23H39O6P/c1-4-7-15-26-18-20-21(27-16-8-5-2)22(28-17-9-6-3)23(24)30(25,29-20)19-13-11-10-12-14-19/h10-14,20-24H,4-9,15-18H2,1-3H3/t20-,21-,22+,23+,30+/m1/s1. The molecule has 6 nitrogen and oxygen atoms in total. The van der Waals surface area contributed by atoms with Gasteiger partial charge < -0.3 is 23.8 Å². The Balaban J connectivity index is 2.29. The first-order chi connectivity index (χ1) is 14.6. The smallest absolute Gasteiger partial charge is 0.262 e. The van der Waals surface area contributed by atoms with Crippen LogP contribution in [0.1, 0.15) is 59.3 Å². The van der Waals surface area contributed by atoms with Crippen molar-refractivity contribution in [1.82, 2.24) is 0 Å². The van der Waals surface area contributed by atoms with Crippen LogP contribution in [0.5, 0.6) is 0 Å². The Kier molecular flexibility index (Phi) is 11.6. The highest BCUT2D eigenvalue weighted by Crippen LogP contribution is 2.57. The fourth-order valence-electron chi connectivity index (χ4n) is 3.43. The van der Waals surface area contributed by atoms with Gasteiger partial charge in [-0.1, -0.05) is 58.2 Å². The Morgan fingerprint density at radius 2 is 1.47 bits per heavy atom. The fourth-order valence-corrected chi connectivity index (χ4v) is 5.79. The molecule has 2 rings (SSSR count). The number of rotatable bonds is 14. The van der Waals surface area contributed by atoms with E-state index in [1.165, 1.54) is 0 Å². The monoisotopic (exact) mass is 442 g/mol. The van der Waals surface area contributed by atoms with Gasteiger partial charge in [0.05, 0.1) is 6.61 Å². The van der Waals surface area contributed by atoms with E-state index < -0.39 is 31.5 Å². The summed E-state index contributed by atoms with van der Waals surface area (Å²) in [7, 11) is -3.58. The van der Waals surface area contributed by atoms with Crippen LogP contribution in [0.25, 0.3) is 0 Å². The van der Waals surface area contributed by atoms with Crippen molar-refractivity contribution in [1.29, 1.82) is 0 Å². The first-order valence-electron chi connectivity index (χ1n) is 11.4. The molecule has 1 aromatic rings. The maximum absolute atomic E-state index is 13.9. The number of aliphatic hydroxyl groups excluding tert-OH is 1. The molecule has 1 fully saturated rings. The van der Waals surface area contributed by atoms with Crippen LogP contribution in [0.2, 0.25) is 0 Å². The summed E-state index contributed by atoms with van der Waals surface area (Å²) in [6.07, 6.45) is 3.88. The maximum Gasteiger partial charge on any atom is 0.262 e. The summed E-state index contributed by atoms with van der Waals surface area (Å²) in [5.41, 5.74) is 0. The topological polar surface area (TPSA) is 74.2 Å². The van der Waals surface area contributed by atoms with Crippen LogP contribution in [-0.2, 0) is 23.3 Å². The van der Waals surface area contributed by atoms with Crippen molar-refractivity contribution in [3.05, 3.63) is 30.3 Å². The molecule has 1 saturated heterocycles. The molecule has 7 heteroatoms. The molecule has 0 amide bonds. The fraction of sp³-hybridized carbons (Fsp3) is 0.739. The van der Waals surface area contributed by atoms with Gasteiger partial charge in [0, 0.05) is 25.1 Å². The second-order valence-electron chi connectivity index (χ2n) is 7.80. The summed E-state index contributed by atoms with van der Waals surface area (Å²) in [5.74, 6) is -1.28. The van der Waals surface area contributed by atoms with Gasteiger partial charge in [-0.25, -0.2) is 0 Å². The van der Waals surface area contributed by atoms with E-state index in [2.05, 4.69) is 20.8 Å². The minimum absolute atomic E-state index is 0.258. The summed E-state index contributed by atoms with van der Waals surface area (Å²) in [6, 6.07) is 8.92. The summed E-state index contributed by atoms with van der Waals surface area (Å²) in [4.78, 5) is 0. The first-order valence-corrected chi connectivity index (χ1v) is 13.1. The molecule has 0 radical (unpaired) electrons. The zero-order valence-electron chi connectivity index (χ0n) is 18.7. The molecule has 1 aliphatic rings. The third-order valence-electron chi connectivity index (χ3n) is 5.28. The van der Waals surface area contributed by atoms with E-state index in [4.69, 9.17) is 18.7 Å². The number of ether oxygens (including phenoxy) is 3. The summed E-state index contributed by atoms with van der Waals surface area (Å²) >= 11 is 0. The Morgan fingerprint density at radius 1 is 0.900 bits per heavy atom. The van der Waals surface area contributed by atoms with Crippen LogP contribution in [0.4, 0.5) is 0 Å². The molecule has 1 aromatic carbocycles. The van der Waals surface area contributed by atoms with Crippen molar-refractivity contribution >= 4 is 12.7 Å². The number of hydrogen-bond donors (Lipinski definition) is 1. The highest BCUT2D eigenvalue weighted by molar-refractivity contribution is 7.67. The Bertz CT molecular complexity index is 625. The van der Waals surface area contributed by atoms with Crippen LogP contribution in [0, 0.1) is 0 Å². The zero-order chi connectivity index (χ0) is 21.8. The van der Waals surface area contributed by atoms with Crippen LogP contribution in [0.15, 0.2) is 30.3 Å². The number of benzene rings is 1. The normalized spacial score (nSPS) is 29.2. The second kappa shape index (κ2) is 13.6. The van der Waals surface area contributed by atoms with Crippen molar-refractivity contribution < 1.29 is 28.4 Å². The molecule has 0 bridgehead atoms. The largest absolute Gasteiger partial charge is 0.380 e. The molecule has 0 aromatic heterocycles. The van der Waals surface area contributed by atoms with Gasteiger partial charge in [-0.15, -0.1) is 0 Å². The highest BCUT2D eigenvalue weighted by atomic mass is 31.2. The summed E-state index contributed by atoms with van der Waals surface area (Å²) < 4.78 is 38.0. The molecule has 172 valence electrons. The van der Waals surface area contributed by atoms with E-state index in [1.54, 1.807) is 24.3 Å². The van der Waals surface area contributed by atoms with Crippen molar-refractivity contribution in [2.45, 2.75) is 83.5 Å². The lowest BCUT2D eigenvalue weighted by molar-refractivity contribution is -0.166. The molecule has 0 saturated carbocycles. The van der Waals surface area contributed by atoms with E-state index in [-0.39, 0.29) is 6.61 Å². The Hall–Kier alpha value is -0.750. The van der Waals surface area contributed by atoms with E-state index in [0.29, 0.717) is 25.1 Å². The summed E-state index contributed by atoms with van der Waals surface area (Å²) in [6.45, 7) is 8.16. The molecule has 0 aliphatic carbocycles. The quantitative estimate of drug-likeness (QED) is 0.338. The highest BCUT2D eigenvalue weighted by Gasteiger charge is 2.53. The number of aliphatic hydroxyl groups is 1. The molecule has 0 spiro atoms. The lowest BCUT2D eigenvalue weighted by Crippen LogP contribution is -2.55. The van der Waals surface area contributed by atoms with E-state index in [0.717, 1.165) is 38.5 Å². The minimum Gasteiger partial charge on any atom is -0.380 e. The number of hydrogen-bond acceptors (Lipinski definition) is 6. The van der Waals surface area contributed by atoms with Gasteiger partial charge >= 0.3 is 0 Å². The van der Waals surface area contributed by atoms with E-state index in [9.17, 15) is 9.67 Å².